The lowest BCUT2D eigenvalue weighted by Crippen LogP contribution is -2.63. The van der Waals surface area contributed by atoms with Gasteiger partial charge in [-0.3, -0.25) is 14.4 Å². The number of allylic oxidation sites excluding steroid dienone is 3. The topological polar surface area (TPSA) is 84.2 Å². The van der Waals surface area contributed by atoms with Crippen molar-refractivity contribution < 1.29 is 19.1 Å². The van der Waals surface area contributed by atoms with Gasteiger partial charge in [-0.2, -0.15) is 5.26 Å². The minimum atomic E-state index is -0.542. The molecule has 4 aliphatic rings. The maximum Gasteiger partial charge on any atom is 0.311 e. The van der Waals surface area contributed by atoms with Crippen LogP contribution in [-0.2, 0) is 19.1 Å². The predicted molar refractivity (Wildman–Crippen MR) is 138 cm³/mol. The highest BCUT2D eigenvalue weighted by molar-refractivity contribution is 5.96. The zero-order valence-corrected chi connectivity index (χ0v) is 23.0. The van der Waals surface area contributed by atoms with Crippen molar-refractivity contribution in [3.05, 3.63) is 23.8 Å². The van der Waals surface area contributed by atoms with Crippen LogP contribution in [0.3, 0.4) is 0 Å². The van der Waals surface area contributed by atoms with Crippen LogP contribution in [0.2, 0.25) is 0 Å². The first-order valence-corrected chi connectivity index (χ1v) is 13.6. The number of nitriles is 1. The van der Waals surface area contributed by atoms with Gasteiger partial charge in [0.2, 0.25) is 0 Å². The summed E-state index contributed by atoms with van der Waals surface area (Å²) in [6.07, 6.45) is 9.90. The third-order valence-electron chi connectivity index (χ3n) is 11.9. The molecule has 0 aromatic heterocycles. The Balaban J connectivity index is 1.85. The molecule has 4 rings (SSSR count). The fraction of sp³-hybridized carbons (Fsp3) is 0.742. The van der Waals surface area contributed by atoms with E-state index in [0.717, 1.165) is 44.8 Å². The summed E-state index contributed by atoms with van der Waals surface area (Å²) in [4.78, 5) is 38.8. The molecule has 0 radical (unpaired) electrons. The van der Waals surface area contributed by atoms with Crippen LogP contribution in [0.15, 0.2) is 23.8 Å². The smallest absolute Gasteiger partial charge is 0.311 e. The molecule has 5 heteroatoms. The highest BCUT2D eigenvalue weighted by Gasteiger charge is 2.68. The average Bonchev–Trinajstić information content (AvgIpc) is 2.84. The molecule has 0 unspecified atom stereocenters. The third kappa shape index (κ3) is 3.50. The van der Waals surface area contributed by atoms with Gasteiger partial charge in [-0.1, -0.05) is 39.8 Å². The second kappa shape index (κ2) is 8.67. The summed E-state index contributed by atoms with van der Waals surface area (Å²) in [5, 5.41) is 9.45. The van der Waals surface area contributed by atoms with Gasteiger partial charge in [-0.15, -0.1) is 0 Å². The van der Waals surface area contributed by atoms with E-state index in [-0.39, 0.29) is 45.8 Å². The molecular formula is C31H43NO4. The van der Waals surface area contributed by atoms with Gasteiger partial charge in [-0.05, 0) is 103 Å². The van der Waals surface area contributed by atoms with Crippen molar-refractivity contribution in [1.29, 1.82) is 5.26 Å². The molecule has 196 valence electrons. The zero-order valence-electron chi connectivity index (χ0n) is 23.0. The van der Waals surface area contributed by atoms with Crippen molar-refractivity contribution in [1.82, 2.24) is 0 Å². The van der Waals surface area contributed by atoms with Crippen LogP contribution in [0, 0.1) is 56.2 Å². The van der Waals surface area contributed by atoms with Crippen molar-refractivity contribution in [3.63, 3.8) is 0 Å². The molecule has 0 spiro atoms. The average molecular weight is 494 g/mol. The second-order valence-electron chi connectivity index (χ2n) is 13.6. The number of methoxy groups -OCH3 is 1. The van der Waals surface area contributed by atoms with E-state index in [1.54, 1.807) is 0 Å². The molecule has 0 heterocycles. The van der Waals surface area contributed by atoms with Crippen molar-refractivity contribution in [2.45, 2.75) is 92.4 Å². The Kier molecular flexibility index (Phi) is 6.47. The summed E-state index contributed by atoms with van der Waals surface area (Å²) in [6, 6.07) is 2.29. The molecule has 4 aliphatic carbocycles. The van der Waals surface area contributed by atoms with Crippen molar-refractivity contribution in [3.8, 4) is 6.07 Å². The second-order valence-corrected chi connectivity index (χ2v) is 13.6. The van der Waals surface area contributed by atoms with Gasteiger partial charge in [0.25, 0.3) is 0 Å². The number of hydrogen-bond donors (Lipinski definition) is 0. The Hall–Kier alpha value is -2.22. The van der Waals surface area contributed by atoms with Crippen LogP contribution in [0.25, 0.3) is 0 Å². The maximum absolute atomic E-state index is 14.2. The van der Waals surface area contributed by atoms with E-state index in [0.29, 0.717) is 24.8 Å². The van der Waals surface area contributed by atoms with Crippen LogP contribution < -0.4 is 0 Å². The first kappa shape index (κ1) is 26.8. The Morgan fingerprint density at radius 1 is 1.17 bits per heavy atom. The van der Waals surface area contributed by atoms with E-state index in [2.05, 4.69) is 40.3 Å². The van der Waals surface area contributed by atoms with Gasteiger partial charge in [0.15, 0.2) is 5.78 Å². The van der Waals surface area contributed by atoms with E-state index in [4.69, 9.17) is 4.74 Å². The van der Waals surface area contributed by atoms with Crippen molar-refractivity contribution in [2.75, 3.05) is 7.11 Å². The lowest BCUT2D eigenvalue weighted by Gasteiger charge is -2.68. The highest BCUT2D eigenvalue weighted by Crippen LogP contribution is 2.73. The van der Waals surface area contributed by atoms with Crippen LogP contribution in [0.4, 0.5) is 0 Å². The Morgan fingerprint density at radius 2 is 1.83 bits per heavy atom. The Morgan fingerprint density at radius 3 is 2.44 bits per heavy atom. The number of rotatable bonds is 5. The molecule has 3 saturated carbocycles. The number of ketones is 1. The van der Waals surface area contributed by atoms with Crippen LogP contribution in [-0.4, -0.2) is 25.1 Å². The van der Waals surface area contributed by atoms with E-state index in [1.807, 2.05) is 13.0 Å². The van der Waals surface area contributed by atoms with Crippen LogP contribution in [0.5, 0.6) is 0 Å². The number of aldehydes is 1. The number of carbonyl (C=O) groups excluding carboxylic acids is 3. The first-order valence-electron chi connectivity index (χ1n) is 13.6. The molecule has 5 nitrogen and oxygen atoms in total. The van der Waals surface area contributed by atoms with E-state index in [9.17, 15) is 19.6 Å². The van der Waals surface area contributed by atoms with Gasteiger partial charge in [0.1, 0.15) is 6.29 Å². The normalized spacial score (nSPS) is 45.8. The first-order chi connectivity index (χ1) is 16.8. The van der Waals surface area contributed by atoms with E-state index >= 15 is 0 Å². The number of hydrogen-bond acceptors (Lipinski definition) is 5. The minimum Gasteiger partial charge on any atom is -0.469 e. The number of nitrogens with zero attached hydrogens (tertiary/aromatic N) is 1. The summed E-state index contributed by atoms with van der Waals surface area (Å²) < 4.78 is 5.21. The summed E-state index contributed by atoms with van der Waals surface area (Å²) >= 11 is 0. The third-order valence-corrected chi connectivity index (χ3v) is 11.9. The quantitative estimate of drug-likeness (QED) is 0.252. The lowest BCUT2D eigenvalue weighted by atomic mass is 9.35. The summed E-state index contributed by atoms with van der Waals surface area (Å²) in [5.41, 5.74) is 0.308. The monoisotopic (exact) mass is 493 g/mol. The molecule has 0 N–H and O–H groups in total. The van der Waals surface area contributed by atoms with Gasteiger partial charge in [0.05, 0.1) is 18.6 Å². The number of esters is 1. The van der Waals surface area contributed by atoms with Gasteiger partial charge < -0.3 is 4.74 Å². The Bertz CT molecular complexity index is 1070. The summed E-state index contributed by atoms with van der Waals surface area (Å²) in [5.74, 6) is -0.245. The predicted octanol–water partition coefficient (Wildman–Crippen LogP) is 6.38. The number of ether oxygens (including phenoxy) is 1. The SMILES string of the molecule is C=C(C=O)[C@@H]1CC[C@]2(C)[C@H](C(=O)C=C3[C@H]4C[C@](C)(C(=O)OC)CC[C@]4(C)CC[C@]32C)[C@@]1(C)CCC#N. The molecular weight excluding hydrogens is 450 g/mol. The van der Waals surface area contributed by atoms with Crippen molar-refractivity contribution in [2.24, 2.45) is 44.8 Å². The molecule has 3 fully saturated rings. The molecule has 0 bridgehead atoms. The summed E-state index contributed by atoms with van der Waals surface area (Å²) in [6.45, 7) is 15.2. The fourth-order valence-electron chi connectivity index (χ4n) is 9.34. The maximum atomic E-state index is 14.2. The van der Waals surface area contributed by atoms with Crippen molar-refractivity contribution >= 4 is 18.0 Å². The number of carbonyl (C=O) groups is 3. The zero-order chi connectivity index (χ0) is 26.7. The number of fused-ring (bicyclic) bond motifs is 5. The molecule has 0 aromatic carbocycles. The Labute approximate surface area is 216 Å². The molecule has 36 heavy (non-hydrogen) atoms. The molecule has 0 amide bonds. The molecule has 8 atom stereocenters. The van der Waals surface area contributed by atoms with E-state index < -0.39 is 10.8 Å². The molecule has 0 saturated heterocycles. The van der Waals surface area contributed by atoms with Gasteiger partial charge in [-0.25, -0.2) is 0 Å². The standard InChI is InChI=1S/C31H43NO4/c1-20(19-33)21-9-11-31(6)25(29(21,4)10-8-16-32)24(34)17-22-23-18-28(3,26(35)36-7)13-12-27(23,2)14-15-30(22,31)5/h17,19,21,23,25H,1,8-15,18H2,2-7H3/t21-,23+,25+,27+,28+,29-,30+,31+/m0/s1. The van der Waals surface area contributed by atoms with Gasteiger partial charge in [0, 0.05) is 12.3 Å². The largest absolute Gasteiger partial charge is 0.469 e. The summed E-state index contributed by atoms with van der Waals surface area (Å²) in [7, 11) is 1.47. The highest BCUT2D eigenvalue weighted by atomic mass is 16.5. The van der Waals surface area contributed by atoms with Crippen LogP contribution in [0.1, 0.15) is 92.4 Å². The molecule has 0 aromatic rings. The van der Waals surface area contributed by atoms with E-state index in [1.165, 1.54) is 12.7 Å². The fourth-order valence-corrected chi connectivity index (χ4v) is 9.34. The van der Waals surface area contributed by atoms with Gasteiger partial charge >= 0.3 is 5.97 Å². The minimum absolute atomic E-state index is 0.0649. The lowest BCUT2D eigenvalue weighted by molar-refractivity contribution is -0.167. The van der Waals surface area contributed by atoms with Crippen LogP contribution >= 0.6 is 0 Å². The molecule has 0 aliphatic heterocycles.